The average molecular weight is 313 g/mol. The summed E-state index contributed by atoms with van der Waals surface area (Å²) in [5, 5.41) is 0. The fourth-order valence-electron chi connectivity index (χ4n) is 2.58. The van der Waals surface area contributed by atoms with Crippen LogP contribution in [0.3, 0.4) is 0 Å². The molecule has 1 aliphatic heterocycles. The van der Waals surface area contributed by atoms with Crippen LogP contribution in [0.15, 0.2) is 18.2 Å². The Morgan fingerprint density at radius 3 is 2.71 bits per heavy atom. The number of esters is 1. The minimum atomic E-state index is -0.484. The molecule has 6 heteroatoms. The fourth-order valence-corrected chi connectivity index (χ4v) is 2.58. The highest BCUT2D eigenvalue weighted by molar-refractivity contribution is 5.98. The van der Waals surface area contributed by atoms with Crippen LogP contribution in [0.25, 0.3) is 0 Å². The van der Waals surface area contributed by atoms with Crippen LogP contribution in [0.1, 0.15) is 35.2 Å². The van der Waals surface area contributed by atoms with Crippen molar-refractivity contribution in [1.82, 2.24) is 4.90 Å². The predicted octanol–water partition coefficient (Wildman–Crippen LogP) is 2.17. The number of anilines is 1. The first-order valence-corrected chi connectivity index (χ1v) is 6.79. The summed E-state index contributed by atoms with van der Waals surface area (Å²) in [7, 11) is 1.35. The Kier molecular flexibility index (Phi) is 6.03. The molecule has 116 valence electrons. The molecule has 0 radical (unpaired) electrons. The van der Waals surface area contributed by atoms with Crippen LogP contribution in [-0.4, -0.2) is 36.5 Å². The fraction of sp³-hybridized carbons (Fsp3) is 0.467. The van der Waals surface area contributed by atoms with Crippen molar-refractivity contribution in [2.24, 2.45) is 0 Å². The molecule has 1 heterocycles. The van der Waals surface area contributed by atoms with Gasteiger partial charge in [-0.3, -0.25) is 4.79 Å². The van der Waals surface area contributed by atoms with E-state index in [1.807, 2.05) is 13.0 Å². The van der Waals surface area contributed by atoms with Crippen LogP contribution < -0.4 is 5.73 Å². The van der Waals surface area contributed by atoms with Gasteiger partial charge in [0.05, 0.1) is 7.11 Å². The molecule has 0 spiro atoms. The number of hydrogen-bond donors (Lipinski definition) is 1. The van der Waals surface area contributed by atoms with Crippen LogP contribution >= 0.6 is 12.4 Å². The molecule has 1 aliphatic rings. The second kappa shape index (κ2) is 7.31. The number of ether oxygens (including phenoxy) is 1. The van der Waals surface area contributed by atoms with E-state index in [2.05, 4.69) is 0 Å². The number of nitrogen functional groups attached to an aromatic ring is 1. The van der Waals surface area contributed by atoms with Crippen molar-refractivity contribution in [3.05, 3.63) is 29.3 Å². The van der Waals surface area contributed by atoms with Gasteiger partial charge in [-0.25, -0.2) is 4.79 Å². The van der Waals surface area contributed by atoms with E-state index in [0.29, 0.717) is 24.2 Å². The summed E-state index contributed by atoms with van der Waals surface area (Å²) in [4.78, 5) is 26.1. The molecule has 1 unspecified atom stereocenters. The SMILES string of the molecule is COC(=O)C1CCCCN1C(=O)c1cc(N)ccc1C.Cl. The van der Waals surface area contributed by atoms with Crippen molar-refractivity contribution < 1.29 is 14.3 Å². The summed E-state index contributed by atoms with van der Waals surface area (Å²) in [6, 6.07) is 4.77. The third-order valence-corrected chi connectivity index (χ3v) is 3.73. The standard InChI is InChI=1S/C15H20N2O3.ClH/c1-10-6-7-11(16)9-12(10)14(18)17-8-4-3-5-13(17)15(19)20-2;/h6-7,9,13H,3-5,8,16H2,1-2H3;1H. The monoisotopic (exact) mass is 312 g/mol. The number of carbonyl (C=O) groups excluding carboxylic acids is 2. The number of nitrogens with two attached hydrogens (primary N) is 1. The summed E-state index contributed by atoms with van der Waals surface area (Å²) >= 11 is 0. The minimum Gasteiger partial charge on any atom is -0.467 e. The zero-order valence-corrected chi connectivity index (χ0v) is 13.1. The van der Waals surface area contributed by atoms with Crippen molar-refractivity contribution in [2.75, 3.05) is 19.4 Å². The van der Waals surface area contributed by atoms with Crippen molar-refractivity contribution in [3.63, 3.8) is 0 Å². The molecule has 21 heavy (non-hydrogen) atoms. The summed E-state index contributed by atoms with van der Waals surface area (Å²) < 4.78 is 4.80. The molecule has 0 aromatic heterocycles. The largest absolute Gasteiger partial charge is 0.467 e. The number of nitrogens with zero attached hydrogens (tertiary/aromatic N) is 1. The molecular weight excluding hydrogens is 292 g/mol. The van der Waals surface area contributed by atoms with Crippen molar-refractivity contribution in [3.8, 4) is 0 Å². The molecule has 5 nitrogen and oxygen atoms in total. The lowest BCUT2D eigenvalue weighted by Gasteiger charge is -2.34. The summed E-state index contributed by atoms with van der Waals surface area (Å²) in [5.41, 5.74) is 7.72. The Balaban J connectivity index is 0.00000220. The summed E-state index contributed by atoms with van der Waals surface area (Å²) in [6.07, 6.45) is 2.49. The zero-order valence-electron chi connectivity index (χ0n) is 12.3. The number of piperidine rings is 1. The highest BCUT2D eigenvalue weighted by atomic mass is 35.5. The molecule has 2 rings (SSSR count). The van der Waals surface area contributed by atoms with Gasteiger partial charge in [0.25, 0.3) is 5.91 Å². The predicted molar refractivity (Wildman–Crippen MR) is 83.5 cm³/mol. The number of hydrogen-bond acceptors (Lipinski definition) is 4. The van der Waals surface area contributed by atoms with Crippen LogP contribution in [-0.2, 0) is 9.53 Å². The van der Waals surface area contributed by atoms with Crippen LogP contribution in [0.5, 0.6) is 0 Å². The number of likely N-dealkylation sites (tertiary alicyclic amines) is 1. The Hall–Kier alpha value is -1.75. The van der Waals surface area contributed by atoms with Crippen molar-refractivity contribution in [1.29, 1.82) is 0 Å². The number of aryl methyl sites for hydroxylation is 1. The van der Waals surface area contributed by atoms with Gasteiger partial charge in [0.1, 0.15) is 6.04 Å². The van der Waals surface area contributed by atoms with E-state index in [1.54, 1.807) is 17.0 Å². The van der Waals surface area contributed by atoms with E-state index in [4.69, 9.17) is 10.5 Å². The van der Waals surface area contributed by atoms with Gasteiger partial charge in [-0.1, -0.05) is 6.07 Å². The lowest BCUT2D eigenvalue weighted by Crippen LogP contribution is -2.48. The van der Waals surface area contributed by atoms with Crippen LogP contribution in [0.2, 0.25) is 0 Å². The topological polar surface area (TPSA) is 72.6 Å². The van der Waals surface area contributed by atoms with Crippen LogP contribution in [0.4, 0.5) is 5.69 Å². The van der Waals surface area contributed by atoms with E-state index in [-0.39, 0.29) is 24.3 Å². The number of benzene rings is 1. The molecule has 2 N–H and O–H groups in total. The first-order chi connectivity index (χ1) is 9.54. The Bertz CT molecular complexity index is 534. The molecule has 0 saturated carbocycles. The first-order valence-electron chi connectivity index (χ1n) is 6.79. The number of halogens is 1. The first kappa shape index (κ1) is 17.3. The Labute approximate surface area is 130 Å². The van der Waals surface area contributed by atoms with E-state index in [9.17, 15) is 9.59 Å². The maximum Gasteiger partial charge on any atom is 0.328 e. The van der Waals surface area contributed by atoms with Gasteiger partial charge in [0.2, 0.25) is 0 Å². The van der Waals surface area contributed by atoms with Gasteiger partial charge in [0.15, 0.2) is 0 Å². The second-order valence-corrected chi connectivity index (χ2v) is 5.11. The number of methoxy groups -OCH3 is 1. The highest BCUT2D eigenvalue weighted by Crippen LogP contribution is 2.23. The Morgan fingerprint density at radius 1 is 1.33 bits per heavy atom. The summed E-state index contributed by atoms with van der Waals surface area (Å²) in [5.74, 6) is -0.496. The normalized spacial score (nSPS) is 17.8. The van der Waals surface area contributed by atoms with Crippen molar-refractivity contribution >= 4 is 30.0 Å². The lowest BCUT2D eigenvalue weighted by molar-refractivity contribution is -0.147. The third kappa shape index (κ3) is 3.67. The minimum absolute atomic E-state index is 0. The van der Waals surface area contributed by atoms with Gasteiger partial charge in [-0.2, -0.15) is 0 Å². The lowest BCUT2D eigenvalue weighted by atomic mass is 9.99. The molecular formula is C15H21ClN2O3. The summed E-state index contributed by atoms with van der Waals surface area (Å²) in [6.45, 7) is 2.44. The third-order valence-electron chi connectivity index (χ3n) is 3.73. The number of amides is 1. The molecule has 1 saturated heterocycles. The molecule has 1 amide bonds. The van der Waals surface area contributed by atoms with Gasteiger partial charge in [-0.05, 0) is 43.9 Å². The molecule has 0 bridgehead atoms. The van der Waals surface area contributed by atoms with Gasteiger partial charge in [-0.15, -0.1) is 12.4 Å². The van der Waals surface area contributed by atoms with E-state index >= 15 is 0 Å². The molecule has 1 fully saturated rings. The molecule has 0 aliphatic carbocycles. The molecule has 1 aromatic rings. The second-order valence-electron chi connectivity index (χ2n) is 5.11. The van der Waals surface area contributed by atoms with Gasteiger partial charge in [0, 0.05) is 17.8 Å². The van der Waals surface area contributed by atoms with Gasteiger partial charge >= 0.3 is 5.97 Å². The van der Waals surface area contributed by atoms with Gasteiger partial charge < -0.3 is 15.4 Å². The van der Waals surface area contributed by atoms with E-state index < -0.39 is 6.04 Å². The highest BCUT2D eigenvalue weighted by Gasteiger charge is 2.33. The Morgan fingerprint density at radius 2 is 2.05 bits per heavy atom. The van der Waals surface area contributed by atoms with E-state index in [0.717, 1.165) is 18.4 Å². The maximum atomic E-state index is 12.7. The van der Waals surface area contributed by atoms with E-state index in [1.165, 1.54) is 7.11 Å². The average Bonchev–Trinajstić information content (AvgIpc) is 2.48. The van der Waals surface area contributed by atoms with Crippen LogP contribution in [0, 0.1) is 6.92 Å². The number of rotatable bonds is 2. The molecule has 1 atom stereocenters. The zero-order chi connectivity index (χ0) is 14.7. The molecule has 1 aromatic carbocycles. The van der Waals surface area contributed by atoms with Crippen molar-refractivity contribution in [2.45, 2.75) is 32.2 Å². The number of carbonyl (C=O) groups is 2. The smallest absolute Gasteiger partial charge is 0.328 e. The maximum absolute atomic E-state index is 12.7. The quantitative estimate of drug-likeness (QED) is 0.671.